The van der Waals surface area contributed by atoms with Gasteiger partial charge in [-0.25, -0.2) is 0 Å². The molecule has 0 bridgehead atoms. The molecule has 116 valence electrons. The summed E-state index contributed by atoms with van der Waals surface area (Å²) in [4.78, 5) is 2.55. The fraction of sp³-hybridized carbons (Fsp3) is 0.812. The van der Waals surface area contributed by atoms with Crippen LogP contribution >= 0.6 is 15.9 Å². The lowest BCUT2D eigenvalue weighted by Gasteiger charge is -2.25. The van der Waals surface area contributed by atoms with Gasteiger partial charge in [-0.1, -0.05) is 40.5 Å². The van der Waals surface area contributed by atoms with Crippen LogP contribution in [0.3, 0.4) is 0 Å². The number of nitrogens with zero attached hydrogens (tertiary/aromatic N) is 3. The number of halogens is 1. The van der Waals surface area contributed by atoms with E-state index in [2.05, 4.69) is 60.1 Å². The summed E-state index contributed by atoms with van der Waals surface area (Å²) >= 11 is 3.75. The van der Waals surface area contributed by atoms with Crippen LogP contribution in [0.5, 0.6) is 0 Å². The van der Waals surface area contributed by atoms with Gasteiger partial charge in [-0.2, -0.15) is 5.10 Å². The molecule has 3 nitrogen and oxygen atoms in total. The third-order valence-corrected chi connectivity index (χ3v) is 5.10. The van der Waals surface area contributed by atoms with Crippen LogP contribution in [0.15, 0.2) is 4.47 Å². The minimum atomic E-state index is 0.803. The van der Waals surface area contributed by atoms with Gasteiger partial charge in [-0.05, 0) is 41.7 Å². The smallest absolute Gasteiger partial charge is 0.0767 e. The molecule has 1 heterocycles. The van der Waals surface area contributed by atoms with E-state index in [1.165, 1.54) is 35.2 Å². The monoisotopic (exact) mass is 343 g/mol. The first-order valence-corrected chi connectivity index (χ1v) is 8.86. The predicted octanol–water partition coefficient (Wildman–Crippen LogP) is 4.49. The van der Waals surface area contributed by atoms with E-state index < -0.39 is 0 Å². The Bertz CT molecular complexity index is 397. The molecular formula is C16H30BrN3. The first kappa shape index (κ1) is 17.7. The van der Waals surface area contributed by atoms with Crippen LogP contribution in [0.1, 0.15) is 58.8 Å². The highest BCUT2D eigenvalue weighted by Crippen LogP contribution is 2.24. The number of aromatic nitrogens is 2. The Labute approximate surface area is 132 Å². The lowest BCUT2D eigenvalue weighted by Crippen LogP contribution is -2.30. The summed E-state index contributed by atoms with van der Waals surface area (Å²) in [5, 5.41) is 4.70. The van der Waals surface area contributed by atoms with E-state index in [1.54, 1.807) is 0 Å². The molecule has 0 radical (unpaired) electrons. The first-order valence-electron chi connectivity index (χ1n) is 8.07. The molecule has 1 rings (SSSR count). The van der Waals surface area contributed by atoms with Crippen LogP contribution in [0.2, 0.25) is 0 Å². The molecule has 0 aromatic carbocycles. The van der Waals surface area contributed by atoms with Crippen LogP contribution in [0.25, 0.3) is 0 Å². The van der Waals surface area contributed by atoms with Gasteiger partial charge in [0.1, 0.15) is 0 Å². The van der Waals surface area contributed by atoms with Gasteiger partial charge in [0.15, 0.2) is 0 Å². The molecule has 1 aromatic rings. The Hall–Kier alpha value is -0.350. The van der Waals surface area contributed by atoms with Crippen molar-refractivity contribution in [2.75, 3.05) is 13.1 Å². The third-order valence-electron chi connectivity index (χ3n) is 4.19. The average Bonchev–Trinajstić information content (AvgIpc) is 2.79. The zero-order valence-electron chi connectivity index (χ0n) is 13.7. The van der Waals surface area contributed by atoms with E-state index >= 15 is 0 Å². The third kappa shape index (κ3) is 4.32. The summed E-state index contributed by atoms with van der Waals surface area (Å²) in [6, 6.07) is 0. The van der Waals surface area contributed by atoms with Crippen molar-refractivity contribution in [3.8, 4) is 0 Å². The molecule has 0 aliphatic rings. The molecule has 4 heteroatoms. The van der Waals surface area contributed by atoms with Crippen molar-refractivity contribution in [3.63, 3.8) is 0 Å². The van der Waals surface area contributed by atoms with Crippen molar-refractivity contribution in [1.29, 1.82) is 0 Å². The average molecular weight is 344 g/mol. The Morgan fingerprint density at radius 1 is 1.15 bits per heavy atom. The quantitative estimate of drug-likeness (QED) is 0.658. The van der Waals surface area contributed by atoms with Crippen molar-refractivity contribution >= 4 is 15.9 Å². The van der Waals surface area contributed by atoms with Gasteiger partial charge in [-0.15, -0.1) is 0 Å². The Morgan fingerprint density at radius 2 is 1.80 bits per heavy atom. The number of hydrogen-bond acceptors (Lipinski definition) is 2. The Balaban J connectivity index is 2.86. The van der Waals surface area contributed by atoms with Gasteiger partial charge in [0.25, 0.3) is 0 Å². The molecular weight excluding hydrogens is 314 g/mol. The van der Waals surface area contributed by atoms with Crippen LogP contribution in [0.4, 0.5) is 0 Å². The van der Waals surface area contributed by atoms with Gasteiger partial charge < -0.3 is 0 Å². The van der Waals surface area contributed by atoms with Gasteiger partial charge in [0.05, 0.1) is 15.9 Å². The van der Waals surface area contributed by atoms with Crippen molar-refractivity contribution in [2.45, 2.75) is 67.0 Å². The van der Waals surface area contributed by atoms with E-state index in [0.717, 1.165) is 32.0 Å². The van der Waals surface area contributed by atoms with Crippen molar-refractivity contribution in [3.05, 3.63) is 15.9 Å². The topological polar surface area (TPSA) is 21.1 Å². The Kier molecular flexibility index (Phi) is 7.82. The maximum atomic E-state index is 4.70. The van der Waals surface area contributed by atoms with E-state index in [0.29, 0.717) is 0 Å². The van der Waals surface area contributed by atoms with Crippen LogP contribution in [-0.4, -0.2) is 27.8 Å². The summed E-state index contributed by atoms with van der Waals surface area (Å²) in [5.74, 6) is 0.803. The van der Waals surface area contributed by atoms with Crippen molar-refractivity contribution in [1.82, 2.24) is 14.7 Å². The molecule has 0 N–H and O–H groups in total. The summed E-state index contributed by atoms with van der Waals surface area (Å²) in [5.41, 5.74) is 2.51. The van der Waals surface area contributed by atoms with Crippen LogP contribution < -0.4 is 0 Å². The summed E-state index contributed by atoms with van der Waals surface area (Å²) in [6.45, 7) is 15.4. The molecule has 0 unspecified atom stereocenters. The fourth-order valence-corrected chi connectivity index (χ4v) is 3.29. The van der Waals surface area contributed by atoms with Crippen molar-refractivity contribution < 1.29 is 0 Å². The van der Waals surface area contributed by atoms with E-state index in [4.69, 9.17) is 5.10 Å². The lowest BCUT2D eigenvalue weighted by atomic mass is 10.0. The minimum absolute atomic E-state index is 0.803. The lowest BCUT2D eigenvalue weighted by molar-refractivity contribution is 0.220. The van der Waals surface area contributed by atoms with E-state index in [-0.39, 0.29) is 0 Å². The summed E-state index contributed by atoms with van der Waals surface area (Å²) < 4.78 is 3.36. The van der Waals surface area contributed by atoms with Crippen LogP contribution in [-0.2, 0) is 19.5 Å². The zero-order chi connectivity index (χ0) is 15.1. The maximum absolute atomic E-state index is 4.70. The standard InChI is InChI=1S/C16H30BrN3/c1-6-13(7-2)11-19(9-4)12-15-16(17)14(8-3)18-20(15)10-5/h13H,6-12H2,1-5H3. The second kappa shape index (κ2) is 8.83. The Morgan fingerprint density at radius 3 is 2.25 bits per heavy atom. The second-order valence-electron chi connectivity index (χ2n) is 5.39. The zero-order valence-corrected chi connectivity index (χ0v) is 15.3. The molecule has 0 saturated carbocycles. The number of aryl methyl sites for hydroxylation is 2. The maximum Gasteiger partial charge on any atom is 0.0767 e. The minimum Gasteiger partial charge on any atom is -0.297 e. The molecule has 0 saturated heterocycles. The van der Waals surface area contributed by atoms with E-state index in [9.17, 15) is 0 Å². The molecule has 20 heavy (non-hydrogen) atoms. The number of rotatable bonds is 9. The molecule has 0 spiro atoms. The normalized spacial score (nSPS) is 11.8. The van der Waals surface area contributed by atoms with Gasteiger partial charge in [0.2, 0.25) is 0 Å². The highest BCUT2D eigenvalue weighted by atomic mass is 79.9. The number of hydrogen-bond donors (Lipinski definition) is 0. The molecule has 0 amide bonds. The van der Waals surface area contributed by atoms with Gasteiger partial charge >= 0.3 is 0 Å². The summed E-state index contributed by atoms with van der Waals surface area (Å²) in [7, 11) is 0. The second-order valence-corrected chi connectivity index (χ2v) is 6.18. The fourth-order valence-electron chi connectivity index (χ4n) is 2.60. The van der Waals surface area contributed by atoms with Gasteiger partial charge in [0, 0.05) is 19.6 Å². The SMILES string of the molecule is CCc1nn(CC)c(CN(CC)CC(CC)CC)c1Br. The molecule has 0 aliphatic heterocycles. The highest BCUT2D eigenvalue weighted by Gasteiger charge is 2.17. The molecule has 1 aromatic heterocycles. The molecule has 0 aliphatic carbocycles. The highest BCUT2D eigenvalue weighted by molar-refractivity contribution is 9.10. The predicted molar refractivity (Wildman–Crippen MR) is 90.0 cm³/mol. The largest absolute Gasteiger partial charge is 0.297 e. The molecule has 0 fully saturated rings. The first-order chi connectivity index (χ1) is 9.60. The summed E-state index contributed by atoms with van der Waals surface area (Å²) in [6.07, 6.45) is 3.52. The van der Waals surface area contributed by atoms with E-state index in [1.807, 2.05) is 0 Å². The molecule has 0 atom stereocenters. The van der Waals surface area contributed by atoms with Crippen molar-refractivity contribution in [2.24, 2.45) is 5.92 Å². The van der Waals surface area contributed by atoms with Gasteiger partial charge in [-0.3, -0.25) is 9.58 Å². The van der Waals surface area contributed by atoms with Crippen LogP contribution in [0, 0.1) is 5.92 Å².